The number of anilines is 3. The van der Waals surface area contributed by atoms with Crippen molar-refractivity contribution in [1.82, 2.24) is 9.13 Å². The van der Waals surface area contributed by atoms with Crippen LogP contribution in [0.15, 0.2) is 224 Å². The minimum absolute atomic E-state index is 1.10. The van der Waals surface area contributed by atoms with Crippen LogP contribution in [0.25, 0.3) is 77.2 Å². The van der Waals surface area contributed by atoms with Crippen molar-refractivity contribution in [3.8, 4) is 33.6 Å². The predicted molar refractivity (Wildman–Crippen MR) is 241 cm³/mol. The highest BCUT2D eigenvalue weighted by Gasteiger charge is 2.18. The Kier molecular flexibility index (Phi) is 7.82. The van der Waals surface area contributed by atoms with E-state index in [1.807, 2.05) is 0 Å². The van der Waals surface area contributed by atoms with Gasteiger partial charge in [-0.1, -0.05) is 146 Å². The van der Waals surface area contributed by atoms with E-state index in [4.69, 9.17) is 0 Å². The smallest absolute Gasteiger partial charge is 0.0561 e. The van der Waals surface area contributed by atoms with Crippen molar-refractivity contribution in [3.63, 3.8) is 0 Å². The van der Waals surface area contributed by atoms with Gasteiger partial charge in [0.05, 0.1) is 22.1 Å². The summed E-state index contributed by atoms with van der Waals surface area (Å²) in [4.78, 5) is 2.35. The first-order valence-corrected chi connectivity index (χ1v) is 19.5. The van der Waals surface area contributed by atoms with Crippen LogP contribution in [0.5, 0.6) is 0 Å². The van der Waals surface area contributed by atoms with Crippen LogP contribution in [0.1, 0.15) is 0 Å². The van der Waals surface area contributed by atoms with Crippen molar-refractivity contribution in [1.29, 1.82) is 0 Å². The Morgan fingerprint density at radius 1 is 0.246 bits per heavy atom. The maximum Gasteiger partial charge on any atom is 0.0561 e. The van der Waals surface area contributed by atoms with E-state index < -0.39 is 0 Å². The van der Waals surface area contributed by atoms with Gasteiger partial charge in [-0.05, 0) is 101 Å². The molecule has 3 heteroatoms. The van der Waals surface area contributed by atoms with E-state index >= 15 is 0 Å². The van der Waals surface area contributed by atoms with Crippen LogP contribution in [-0.4, -0.2) is 9.13 Å². The van der Waals surface area contributed by atoms with Gasteiger partial charge in [-0.2, -0.15) is 0 Å². The molecule has 0 N–H and O–H groups in total. The maximum atomic E-state index is 2.41. The number of fused-ring (bicyclic) bond motifs is 6. The van der Waals surface area contributed by atoms with Crippen molar-refractivity contribution in [2.75, 3.05) is 4.90 Å². The monoisotopic (exact) mass is 727 g/mol. The first kappa shape index (κ1) is 32.8. The molecule has 0 fully saturated rings. The molecule has 0 atom stereocenters. The Morgan fingerprint density at radius 2 is 0.596 bits per heavy atom. The molecule has 9 aromatic carbocycles. The zero-order chi connectivity index (χ0) is 37.7. The molecule has 0 aliphatic rings. The first-order valence-electron chi connectivity index (χ1n) is 19.5. The van der Waals surface area contributed by atoms with E-state index in [-0.39, 0.29) is 0 Å². The number of nitrogens with zero attached hydrogens (tertiary/aromatic N) is 3. The van der Waals surface area contributed by atoms with Gasteiger partial charge in [-0.25, -0.2) is 0 Å². The van der Waals surface area contributed by atoms with Gasteiger partial charge in [-0.15, -0.1) is 0 Å². The number of rotatable bonds is 7. The summed E-state index contributed by atoms with van der Waals surface area (Å²) in [5.41, 5.74) is 15.2. The summed E-state index contributed by atoms with van der Waals surface area (Å²) in [6, 6.07) is 81.0. The van der Waals surface area contributed by atoms with Gasteiger partial charge >= 0.3 is 0 Å². The molecule has 0 saturated heterocycles. The lowest BCUT2D eigenvalue weighted by molar-refractivity contribution is 1.17. The van der Waals surface area contributed by atoms with Crippen LogP contribution < -0.4 is 4.90 Å². The topological polar surface area (TPSA) is 13.1 Å². The summed E-state index contributed by atoms with van der Waals surface area (Å²) in [6.45, 7) is 0. The van der Waals surface area contributed by atoms with Crippen LogP contribution in [0.3, 0.4) is 0 Å². The normalized spacial score (nSPS) is 11.5. The largest absolute Gasteiger partial charge is 0.310 e. The van der Waals surface area contributed by atoms with Crippen molar-refractivity contribution in [3.05, 3.63) is 224 Å². The minimum atomic E-state index is 1.10. The first-order chi connectivity index (χ1) is 28.3. The summed E-state index contributed by atoms with van der Waals surface area (Å²) in [6.07, 6.45) is 0. The lowest BCUT2D eigenvalue weighted by Gasteiger charge is -2.26. The average Bonchev–Trinajstić information content (AvgIpc) is 3.80. The van der Waals surface area contributed by atoms with E-state index in [0.717, 1.165) is 28.4 Å². The Labute approximate surface area is 331 Å². The van der Waals surface area contributed by atoms with E-state index in [9.17, 15) is 0 Å². The Morgan fingerprint density at radius 3 is 1.11 bits per heavy atom. The van der Waals surface area contributed by atoms with Gasteiger partial charge in [0, 0.05) is 50.0 Å². The lowest BCUT2D eigenvalue weighted by Crippen LogP contribution is -2.10. The Bertz CT molecular complexity index is 3140. The second-order valence-corrected chi connectivity index (χ2v) is 14.6. The van der Waals surface area contributed by atoms with Crippen LogP contribution in [0.4, 0.5) is 17.1 Å². The van der Waals surface area contributed by atoms with Crippen molar-refractivity contribution in [2.45, 2.75) is 0 Å². The highest BCUT2D eigenvalue weighted by atomic mass is 15.1. The Hall–Kier alpha value is -7.62. The van der Waals surface area contributed by atoms with Gasteiger partial charge < -0.3 is 14.0 Å². The lowest BCUT2D eigenvalue weighted by atomic mass is 10.0. The molecule has 0 spiro atoms. The highest BCUT2D eigenvalue weighted by Crippen LogP contribution is 2.40. The number of aromatic nitrogens is 2. The number of hydrogen-bond donors (Lipinski definition) is 0. The van der Waals surface area contributed by atoms with E-state index in [2.05, 4.69) is 238 Å². The zero-order valence-electron chi connectivity index (χ0n) is 31.2. The van der Waals surface area contributed by atoms with Crippen molar-refractivity contribution < 1.29 is 0 Å². The molecule has 2 heterocycles. The molecular formula is C54H37N3. The van der Waals surface area contributed by atoms with E-state index in [0.29, 0.717) is 0 Å². The standard InChI is InChI=1S/C54H37N3/c1-3-13-38(14-4-1)39-23-29-43(30-24-39)55(42-15-5-2-6-16-42)46-35-36-50-49-19-9-12-22-53(49)57(54(50)37-46)45-33-27-41(28-34-45)40-25-31-44(32-26-40)56-51-20-10-7-17-47(51)48-18-8-11-21-52(48)56/h1-37H. The molecule has 0 saturated carbocycles. The summed E-state index contributed by atoms with van der Waals surface area (Å²) >= 11 is 0. The predicted octanol–water partition coefficient (Wildman–Crippen LogP) is 14.7. The molecule has 0 aliphatic carbocycles. The van der Waals surface area contributed by atoms with Gasteiger partial charge in [-0.3, -0.25) is 0 Å². The minimum Gasteiger partial charge on any atom is -0.310 e. The number of benzene rings is 9. The summed E-state index contributed by atoms with van der Waals surface area (Å²) < 4.78 is 4.78. The molecule has 11 aromatic rings. The molecule has 0 amide bonds. The molecule has 0 aliphatic heterocycles. The van der Waals surface area contributed by atoms with Gasteiger partial charge in [0.25, 0.3) is 0 Å². The van der Waals surface area contributed by atoms with Crippen LogP contribution in [-0.2, 0) is 0 Å². The van der Waals surface area contributed by atoms with Crippen LogP contribution in [0, 0.1) is 0 Å². The third-order valence-electron chi connectivity index (χ3n) is 11.3. The van der Waals surface area contributed by atoms with Crippen LogP contribution in [0.2, 0.25) is 0 Å². The van der Waals surface area contributed by atoms with E-state index in [1.165, 1.54) is 65.9 Å². The SMILES string of the molecule is c1ccc(-c2ccc(N(c3ccccc3)c3ccc4c5ccccc5n(-c5ccc(-c6ccc(-n7c8ccccc8c8ccccc87)cc6)cc5)c4c3)cc2)cc1. The Balaban J connectivity index is 0.979. The van der Waals surface area contributed by atoms with Gasteiger partial charge in [0.15, 0.2) is 0 Å². The average molecular weight is 728 g/mol. The second-order valence-electron chi connectivity index (χ2n) is 14.6. The van der Waals surface area contributed by atoms with Crippen molar-refractivity contribution >= 4 is 60.7 Å². The van der Waals surface area contributed by atoms with Gasteiger partial charge in [0.2, 0.25) is 0 Å². The molecule has 57 heavy (non-hydrogen) atoms. The zero-order valence-corrected chi connectivity index (χ0v) is 31.2. The van der Waals surface area contributed by atoms with Crippen LogP contribution >= 0.6 is 0 Å². The second kappa shape index (κ2) is 13.6. The van der Waals surface area contributed by atoms with Crippen molar-refractivity contribution in [2.24, 2.45) is 0 Å². The fourth-order valence-corrected chi connectivity index (χ4v) is 8.64. The molecule has 0 unspecified atom stereocenters. The number of hydrogen-bond acceptors (Lipinski definition) is 1. The third-order valence-corrected chi connectivity index (χ3v) is 11.3. The molecule has 268 valence electrons. The highest BCUT2D eigenvalue weighted by molar-refractivity contribution is 6.11. The fourth-order valence-electron chi connectivity index (χ4n) is 8.64. The molecule has 3 nitrogen and oxygen atoms in total. The number of para-hydroxylation sites is 4. The van der Waals surface area contributed by atoms with Gasteiger partial charge in [0.1, 0.15) is 0 Å². The van der Waals surface area contributed by atoms with E-state index in [1.54, 1.807) is 0 Å². The molecule has 2 aromatic heterocycles. The fraction of sp³-hybridized carbons (Fsp3) is 0. The molecular weight excluding hydrogens is 691 g/mol. The molecule has 11 rings (SSSR count). The quantitative estimate of drug-likeness (QED) is 0.159. The summed E-state index contributed by atoms with van der Waals surface area (Å²) in [7, 11) is 0. The molecule has 0 bridgehead atoms. The third kappa shape index (κ3) is 5.60. The summed E-state index contributed by atoms with van der Waals surface area (Å²) in [5.74, 6) is 0. The maximum absolute atomic E-state index is 2.41. The molecule has 0 radical (unpaired) electrons. The summed E-state index contributed by atoms with van der Waals surface area (Å²) in [5, 5.41) is 5.01.